The van der Waals surface area contributed by atoms with Crippen LogP contribution in [0.4, 0.5) is 0 Å². The molecule has 134 valence electrons. The van der Waals surface area contributed by atoms with E-state index in [1.165, 1.54) is 16.4 Å². The van der Waals surface area contributed by atoms with Crippen molar-refractivity contribution >= 4 is 15.9 Å². The van der Waals surface area contributed by atoms with Crippen molar-refractivity contribution in [3.8, 4) is 0 Å². The maximum Gasteiger partial charge on any atom is 0.284 e. The smallest absolute Gasteiger partial charge is 0.284 e. The summed E-state index contributed by atoms with van der Waals surface area (Å²) in [6, 6.07) is 8.36. The number of primary amides is 1. The first-order valence-electron chi connectivity index (χ1n) is 7.99. The maximum absolute atomic E-state index is 12.6. The highest BCUT2D eigenvalue weighted by Crippen LogP contribution is 2.20. The second-order valence-corrected chi connectivity index (χ2v) is 7.67. The zero-order valence-corrected chi connectivity index (χ0v) is 14.5. The van der Waals surface area contributed by atoms with Crippen molar-refractivity contribution in [3.63, 3.8) is 0 Å². The van der Waals surface area contributed by atoms with Crippen LogP contribution in [0.1, 0.15) is 16.2 Å². The Morgan fingerprint density at radius 3 is 2.52 bits per heavy atom. The molecule has 2 N–H and O–H groups in total. The van der Waals surface area contributed by atoms with Crippen LogP contribution in [0.3, 0.4) is 0 Å². The molecule has 2 aromatic heterocycles. The van der Waals surface area contributed by atoms with E-state index in [2.05, 4.69) is 9.88 Å². The number of carbonyl (C=O) groups excluding carboxylic acids is 1. The number of nitrogens with zero attached hydrogens (tertiary/aromatic N) is 3. The number of piperazine rings is 1. The number of nitrogens with two attached hydrogens (primary N) is 1. The highest BCUT2D eigenvalue weighted by molar-refractivity contribution is 7.89. The average molecular weight is 364 g/mol. The number of carbonyl (C=O) groups is 1. The van der Waals surface area contributed by atoms with E-state index in [9.17, 15) is 13.2 Å². The summed E-state index contributed by atoms with van der Waals surface area (Å²) in [6.45, 7) is 2.84. The summed E-state index contributed by atoms with van der Waals surface area (Å²) in [4.78, 5) is 17.6. The summed E-state index contributed by atoms with van der Waals surface area (Å²) in [5.74, 6) is -0.951. The molecule has 0 aromatic carbocycles. The molecule has 1 aliphatic heterocycles. The topological polar surface area (TPSA) is 110 Å². The maximum atomic E-state index is 12.6. The van der Waals surface area contributed by atoms with E-state index in [1.54, 1.807) is 6.20 Å². The fourth-order valence-corrected chi connectivity index (χ4v) is 4.06. The van der Waals surface area contributed by atoms with Gasteiger partial charge in [-0.15, -0.1) is 0 Å². The van der Waals surface area contributed by atoms with E-state index in [0.29, 0.717) is 26.2 Å². The largest absolute Gasteiger partial charge is 0.438 e. The molecule has 0 bridgehead atoms. The van der Waals surface area contributed by atoms with E-state index >= 15 is 0 Å². The van der Waals surface area contributed by atoms with Gasteiger partial charge in [-0.1, -0.05) is 6.07 Å². The fourth-order valence-electron chi connectivity index (χ4n) is 2.73. The molecule has 1 aliphatic rings. The second kappa shape index (κ2) is 7.34. The third-order valence-electron chi connectivity index (χ3n) is 4.16. The van der Waals surface area contributed by atoms with Crippen LogP contribution in [-0.4, -0.2) is 61.2 Å². The van der Waals surface area contributed by atoms with Crippen LogP contribution in [-0.2, 0) is 16.4 Å². The van der Waals surface area contributed by atoms with Crippen LogP contribution in [0.2, 0.25) is 0 Å². The van der Waals surface area contributed by atoms with Gasteiger partial charge in [0.15, 0.2) is 5.76 Å². The predicted octanol–water partition coefficient (Wildman–Crippen LogP) is 0.323. The number of amides is 1. The third-order valence-corrected chi connectivity index (χ3v) is 5.93. The molecule has 0 spiro atoms. The van der Waals surface area contributed by atoms with Gasteiger partial charge >= 0.3 is 0 Å². The molecule has 0 atom stereocenters. The molecule has 0 saturated carbocycles. The number of sulfonamides is 1. The van der Waals surface area contributed by atoms with Crippen molar-refractivity contribution in [2.24, 2.45) is 5.73 Å². The van der Waals surface area contributed by atoms with Gasteiger partial charge in [-0.05, 0) is 24.3 Å². The van der Waals surface area contributed by atoms with Crippen LogP contribution in [0.5, 0.6) is 0 Å². The zero-order valence-electron chi connectivity index (χ0n) is 13.7. The molecular formula is C16H20N4O4S. The third kappa shape index (κ3) is 4.06. The number of furan rings is 1. The number of hydrogen-bond donors (Lipinski definition) is 1. The molecule has 8 nitrogen and oxygen atoms in total. The lowest BCUT2D eigenvalue weighted by Gasteiger charge is -2.33. The molecule has 1 saturated heterocycles. The van der Waals surface area contributed by atoms with Gasteiger partial charge in [-0.3, -0.25) is 9.78 Å². The quantitative estimate of drug-likeness (QED) is 0.791. The van der Waals surface area contributed by atoms with Gasteiger partial charge in [0.2, 0.25) is 5.09 Å². The first-order valence-corrected chi connectivity index (χ1v) is 9.43. The Kier molecular flexibility index (Phi) is 5.16. The van der Waals surface area contributed by atoms with Crippen LogP contribution in [0, 0.1) is 0 Å². The van der Waals surface area contributed by atoms with Gasteiger partial charge in [0, 0.05) is 51.0 Å². The van der Waals surface area contributed by atoms with Crippen molar-refractivity contribution in [1.29, 1.82) is 0 Å². The summed E-state index contributed by atoms with van der Waals surface area (Å²) in [5.41, 5.74) is 6.12. The molecule has 9 heteroatoms. The standard InChI is InChI=1S/C16H20N4O4S/c17-16(21)14-4-5-15(24-14)25(22,23)20-11-9-19(10-12-20)8-6-13-3-1-2-7-18-13/h1-5,7H,6,8-12H2,(H2,17,21). The highest BCUT2D eigenvalue weighted by Gasteiger charge is 2.31. The molecule has 3 heterocycles. The summed E-state index contributed by atoms with van der Waals surface area (Å²) in [7, 11) is -3.75. The van der Waals surface area contributed by atoms with Crippen LogP contribution >= 0.6 is 0 Å². The lowest BCUT2D eigenvalue weighted by Crippen LogP contribution is -2.48. The van der Waals surface area contributed by atoms with Gasteiger partial charge in [0.1, 0.15) is 0 Å². The Morgan fingerprint density at radius 2 is 1.92 bits per heavy atom. The molecule has 3 rings (SSSR count). The van der Waals surface area contributed by atoms with Crippen molar-refractivity contribution in [3.05, 3.63) is 48.0 Å². The van der Waals surface area contributed by atoms with Crippen molar-refractivity contribution in [1.82, 2.24) is 14.2 Å². The van der Waals surface area contributed by atoms with Gasteiger partial charge < -0.3 is 15.1 Å². The Labute approximate surface area is 146 Å². The second-order valence-electron chi connectivity index (χ2n) is 5.80. The van der Waals surface area contributed by atoms with E-state index in [-0.39, 0.29) is 10.9 Å². The normalized spacial score (nSPS) is 16.8. The van der Waals surface area contributed by atoms with Crippen molar-refractivity contribution in [2.45, 2.75) is 11.5 Å². The Bertz CT molecular complexity index is 827. The zero-order chi connectivity index (χ0) is 17.9. The van der Waals surface area contributed by atoms with E-state index in [1.807, 2.05) is 18.2 Å². The van der Waals surface area contributed by atoms with Crippen LogP contribution < -0.4 is 5.73 Å². The Morgan fingerprint density at radius 1 is 1.16 bits per heavy atom. The predicted molar refractivity (Wildman–Crippen MR) is 90.4 cm³/mol. The first-order chi connectivity index (χ1) is 12.0. The minimum absolute atomic E-state index is 0.160. The van der Waals surface area contributed by atoms with Gasteiger partial charge in [-0.25, -0.2) is 8.42 Å². The summed E-state index contributed by atoms with van der Waals surface area (Å²) in [5, 5.41) is -0.247. The van der Waals surface area contributed by atoms with Crippen LogP contribution in [0.25, 0.3) is 0 Å². The Hall–Kier alpha value is -2.23. The lowest BCUT2D eigenvalue weighted by molar-refractivity contribution is 0.0968. The molecule has 0 aliphatic carbocycles. The van der Waals surface area contributed by atoms with E-state index < -0.39 is 15.9 Å². The number of hydrogen-bond acceptors (Lipinski definition) is 6. The number of rotatable bonds is 6. The molecule has 1 fully saturated rings. The lowest BCUT2D eigenvalue weighted by atomic mass is 10.2. The SMILES string of the molecule is NC(=O)c1ccc(S(=O)(=O)N2CCN(CCc3ccccn3)CC2)o1. The van der Waals surface area contributed by atoms with Gasteiger partial charge in [0.25, 0.3) is 15.9 Å². The summed E-state index contributed by atoms with van der Waals surface area (Å²) < 4.78 is 31.6. The minimum atomic E-state index is -3.75. The number of pyridine rings is 1. The minimum Gasteiger partial charge on any atom is -0.438 e. The van der Waals surface area contributed by atoms with E-state index in [0.717, 1.165) is 18.7 Å². The molecule has 2 aromatic rings. The molecular weight excluding hydrogens is 344 g/mol. The highest BCUT2D eigenvalue weighted by atomic mass is 32.2. The average Bonchev–Trinajstić information content (AvgIpc) is 3.12. The summed E-state index contributed by atoms with van der Waals surface area (Å²) >= 11 is 0. The Balaban J connectivity index is 1.56. The molecule has 25 heavy (non-hydrogen) atoms. The van der Waals surface area contributed by atoms with Crippen molar-refractivity contribution in [2.75, 3.05) is 32.7 Å². The monoisotopic (exact) mass is 364 g/mol. The number of aromatic nitrogens is 1. The van der Waals surface area contributed by atoms with Crippen LogP contribution in [0.15, 0.2) is 46.0 Å². The molecule has 1 amide bonds. The summed E-state index contributed by atoms with van der Waals surface area (Å²) in [6.07, 6.45) is 2.59. The van der Waals surface area contributed by atoms with Crippen molar-refractivity contribution < 1.29 is 17.6 Å². The van der Waals surface area contributed by atoms with E-state index in [4.69, 9.17) is 10.2 Å². The molecule has 0 radical (unpaired) electrons. The van der Waals surface area contributed by atoms with Gasteiger partial charge in [0.05, 0.1) is 0 Å². The van der Waals surface area contributed by atoms with Gasteiger partial charge in [-0.2, -0.15) is 4.31 Å². The first kappa shape index (κ1) is 17.6. The fraction of sp³-hybridized carbons (Fsp3) is 0.375. The molecule has 0 unspecified atom stereocenters.